The molecule has 0 aromatic heterocycles. The maximum Gasteiger partial charge on any atom is 0.337 e. The van der Waals surface area contributed by atoms with Crippen molar-refractivity contribution in [2.45, 2.75) is 25.7 Å². The van der Waals surface area contributed by atoms with Gasteiger partial charge in [-0.05, 0) is 73.3 Å². The molecule has 0 radical (unpaired) electrons. The van der Waals surface area contributed by atoms with E-state index in [1.165, 1.54) is 7.11 Å². The minimum absolute atomic E-state index is 0.0284. The van der Waals surface area contributed by atoms with E-state index >= 15 is 0 Å². The van der Waals surface area contributed by atoms with Crippen LogP contribution in [0.1, 0.15) is 34.5 Å². The van der Waals surface area contributed by atoms with Crippen molar-refractivity contribution in [2.24, 2.45) is 0 Å². The highest BCUT2D eigenvalue weighted by atomic mass is 16.5. The lowest BCUT2D eigenvalue weighted by atomic mass is 9.99. The topological polar surface area (TPSA) is 59.0 Å². The summed E-state index contributed by atoms with van der Waals surface area (Å²) in [5.41, 5.74) is 2.38. The van der Waals surface area contributed by atoms with Gasteiger partial charge < -0.3 is 19.5 Å². The first-order chi connectivity index (χ1) is 13.9. The van der Waals surface area contributed by atoms with Crippen LogP contribution in [0.2, 0.25) is 0 Å². The Labute approximate surface area is 171 Å². The fourth-order valence-corrected chi connectivity index (χ4v) is 3.10. The average Bonchev–Trinajstić information content (AvgIpc) is 2.75. The summed E-state index contributed by atoms with van der Waals surface area (Å²) in [5.74, 6) is 0.418. The standard InChI is InChI=1S/C24H27NO4/c1-16(25(2)3)23(26)21-10-9-20-14-22(12-11-19(20)13-21)29-15-17-5-7-18(8-6-17)24(27)28-4/h5-14,16,23,26H,15H2,1-4H3. The molecule has 0 spiro atoms. The number of rotatable bonds is 7. The lowest BCUT2D eigenvalue weighted by Crippen LogP contribution is -2.30. The molecule has 0 aliphatic rings. The lowest BCUT2D eigenvalue weighted by molar-refractivity contribution is 0.0600. The van der Waals surface area contributed by atoms with E-state index < -0.39 is 6.10 Å². The summed E-state index contributed by atoms with van der Waals surface area (Å²) in [5, 5.41) is 12.7. The summed E-state index contributed by atoms with van der Waals surface area (Å²) < 4.78 is 10.6. The second-order valence-electron chi connectivity index (χ2n) is 7.39. The van der Waals surface area contributed by atoms with Gasteiger partial charge in [0.05, 0.1) is 18.8 Å². The van der Waals surface area contributed by atoms with Crippen LogP contribution in [0, 0.1) is 0 Å². The van der Waals surface area contributed by atoms with E-state index in [0.29, 0.717) is 12.2 Å². The number of aliphatic hydroxyl groups excluding tert-OH is 1. The highest BCUT2D eigenvalue weighted by molar-refractivity contribution is 5.89. The SMILES string of the molecule is COC(=O)c1ccc(COc2ccc3cc(C(O)C(C)N(C)C)ccc3c2)cc1. The predicted molar refractivity (Wildman–Crippen MR) is 114 cm³/mol. The van der Waals surface area contributed by atoms with Gasteiger partial charge >= 0.3 is 5.97 Å². The summed E-state index contributed by atoms with van der Waals surface area (Å²) in [4.78, 5) is 13.5. The van der Waals surface area contributed by atoms with Crippen molar-refractivity contribution in [1.29, 1.82) is 0 Å². The molecule has 0 aliphatic heterocycles. The smallest absolute Gasteiger partial charge is 0.337 e. The number of hydrogen-bond acceptors (Lipinski definition) is 5. The fourth-order valence-electron chi connectivity index (χ4n) is 3.10. The Morgan fingerprint density at radius 2 is 1.66 bits per heavy atom. The van der Waals surface area contributed by atoms with Gasteiger partial charge in [-0.1, -0.05) is 30.3 Å². The fraction of sp³-hybridized carbons (Fsp3) is 0.292. The van der Waals surface area contributed by atoms with E-state index in [9.17, 15) is 9.90 Å². The van der Waals surface area contributed by atoms with E-state index in [0.717, 1.165) is 27.6 Å². The van der Waals surface area contributed by atoms with E-state index in [2.05, 4.69) is 0 Å². The van der Waals surface area contributed by atoms with Crippen LogP contribution in [0.15, 0.2) is 60.7 Å². The predicted octanol–water partition coefficient (Wildman–Crippen LogP) is 4.19. The zero-order valence-electron chi connectivity index (χ0n) is 17.3. The molecular weight excluding hydrogens is 366 g/mol. The molecule has 2 unspecified atom stereocenters. The van der Waals surface area contributed by atoms with Crippen LogP contribution in [0.25, 0.3) is 10.8 Å². The van der Waals surface area contributed by atoms with Crippen molar-refractivity contribution in [2.75, 3.05) is 21.2 Å². The molecule has 1 N–H and O–H groups in total. The summed E-state index contributed by atoms with van der Waals surface area (Å²) in [6.07, 6.45) is -0.543. The van der Waals surface area contributed by atoms with Crippen LogP contribution in [-0.2, 0) is 11.3 Å². The molecule has 0 bridgehead atoms. The van der Waals surface area contributed by atoms with Crippen molar-refractivity contribution >= 4 is 16.7 Å². The number of likely N-dealkylation sites (N-methyl/N-ethyl adjacent to an activating group) is 1. The number of methoxy groups -OCH3 is 1. The lowest BCUT2D eigenvalue weighted by Gasteiger charge is -2.25. The highest BCUT2D eigenvalue weighted by Crippen LogP contribution is 2.27. The molecule has 0 aliphatic carbocycles. The summed E-state index contributed by atoms with van der Waals surface area (Å²) >= 11 is 0. The van der Waals surface area contributed by atoms with Crippen LogP contribution in [0.5, 0.6) is 5.75 Å². The summed E-state index contributed by atoms with van der Waals surface area (Å²) in [6.45, 7) is 2.41. The average molecular weight is 393 g/mol. The molecule has 3 rings (SSSR count). The van der Waals surface area contributed by atoms with Crippen molar-refractivity contribution in [3.05, 3.63) is 77.4 Å². The van der Waals surface area contributed by atoms with Gasteiger partial charge in [-0.3, -0.25) is 0 Å². The summed E-state index contributed by atoms with van der Waals surface area (Å²) in [7, 11) is 5.29. The molecule has 152 valence electrons. The molecule has 5 nitrogen and oxygen atoms in total. The number of fused-ring (bicyclic) bond motifs is 1. The molecule has 29 heavy (non-hydrogen) atoms. The number of benzene rings is 3. The molecule has 0 saturated carbocycles. The van der Waals surface area contributed by atoms with Gasteiger partial charge in [0, 0.05) is 6.04 Å². The maximum atomic E-state index is 11.5. The number of esters is 1. The molecule has 0 fully saturated rings. The zero-order valence-corrected chi connectivity index (χ0v) is 17.3. The van der Waals surface area contributed by atoms with E-state index in [-0.39, 0.29) is 12.0 Å². The Bertz CT molecular complexity index is 982. The second kappa shape index (κ2) is 9.07. The van der Waals surface area contributed by atoms with Gasteiger partial charge in [0.15, 0.2) is 0 Å². The van der Waals surface area contributed by atoms with Crippen LogP contribution < -0.4 is 4.74 Å². The Balaban J connectivity index is 1.70. The van der Waals surface area contributed by atoms with Gasteiger partial charge in [-0.25, -0.2) is 4.79 Å². The number of aliphatic hydroxyl groups is 1. The van der Waals surface area contributed by atoms with Crippen LogP contribution in [-0.4, -0.2) is 43.2 Å². The Morgan fingerprint density at radius 3 is 2.31 bits per heavy atom. The molecular formula is C24H27NO4. The molecule has 3 aromatic rings. The Hall–Kier alpha value is -2.89. The molecule has 5 heteroatoms. The molecule has 0 heterocycles. The van der Waals surface area contributed by atoms with Gasteiger partial charge in [-0.2, -0.15) is 0 Å². The molecule has 0 saturated heterocycles. The quantitative estimate of drug-likeness (QED) is 0.610. The van der Waals surface area contributed by atoms with Crippen molar-refractivity contribution in [3.8, 4) is 5.75 Å². The third kappa shape index (κ3) is 4.94. The molecule has 2 atom stereocenters. The minimum Gasteiger partial charge on any atom is -0.489 e. The van der Waals surface area contributed by atoms with Crippen molar-refractivity contribution in [3.63, 3.8) is 0 Å². The number of carbonyl (C=O) groups excluding carboxylic acids is 1. The third-order valence-corrected chi connectivity index (χ3v) is 5.23. The van der Waals surface area contributed by atoms with E-state index in [1.54, 1.807) is 12.1 Å². The first-order valence-electron chi connectivity index (χ1n) is 9.57. The molecule has 3 aromatic carbocycles. The summed E-state index contributed by atoms with van der Waals surface area (Å²) in [6, 6.07) is 19.1. The minimum atomic E-state index is -0.543. The first-order valence-corrected chi connectivity index (χ1v) is 9.57. The van der Waals surface area contributed by atoms with E-state index in [1.807, 2.05) is 74.4 Å². The van der Waals surface area contributed by atoms with Crippen molar-refractivity contribution < 1.29 is 19.4 Å². The second-order valence-corrected chi connectivity index (χ2v) is 7.39. The van der Waals surface area contributed by atoms with Crippen LogP contribution in [0.3, 0.4) is 0 Å². The van der Waals surface area contributed by atoms with Crippen LogP contribution >= 0.6 is 0 Å². The Morgan fingerprint density at radius 1 is 1.00 bits per heavy atom. The normalized spacial score (nSPS) is 13.3. The van der Waals surface area contributed by atoms with Crippen LogP contribution in [0.4, 0.5) is 0 Å². The highest BCUT2D eigenvalue weighted by Gasteiger charge is 2.18. The number of nitrogens with zero attached hydrogens (tertiary/aromatic N) is 1. The number of hydrogen-bond donors (Lipinski definition) is 1. The Kier molecular flexibility index (Phi) is 6.52. The van der Waals surface area contributed by atoms with E-state index in [4.69, 9.17) is 9.47 Å². The van der Waals surface area contributed by atoms with Gasteiger partial charge in [0.1, 0.15) is 12.4 Å². The monoisotopic (exact) mass is 393 g/mol. The van der Waals surface area contributed by atoms with Gasteiger partial charge in [0.25, 0.3) is 0 Å². The number of carbonyl (C=O) groups is 1. The molecule has 0 amide bonds. The third-order valence-electron chi connectivity index (χ3n) is 5.23. The van der Waals surface area contributed by atoms with Gasteiger partial charge in [-0.15, -0.1) is 0 Å². The van der Waals surface area contributed by atoms with Crippen molar-refractivity contribution in [1.82, 2.24) is 4.90 Å². The number of ether oxygens (including phenoxy) is 2. The first kappa shape index (κ1) is 20.8. The maximum absolute atomic E-state index is 11.5. The van der Waals surface area contributed by atoms with Gasteiger partial charge in [0.2, 0.25) is 0 Å². The largest absolute Gasteiger partial charge is 0.489 e. The zero-order chi connectivity index (χ0) is 21.0.